The van der Waals surface area contributed by atoms with Crippen LogP contribution in [0.25, 0.3) is 11.1 Å². The molecule has 4 rings (SSSR count). The van der Waals surface area contributed by atoms with Crippen molar-refractivity contribution in [2.75, 3.05) is 32.1 Å². The van der Waals surface area contributed by atoms with Crippen LogP contribution < -0.4 is 14.8 Å². The Kier molecular flexibility index (Phi) is 5.77. The summed E-state index contributed by atoms with van der Waals surface area (Å²) in [5.41, 5.74) is 2.89. The lowest BCUT2D eigenvalue weighted by atomic mass is 10.0. The van der Waals surface area contributed by atoms with E-state index in [2.05, 4.69) is 5.32 Å². The number of rotatable bonds is 6. The molecule has 148 valence electrons. The molecule has 0 fully saturated rings. The van der Waals surface area contributed by atoms with Crippen molar-refractivity contribution >= 4 is 11.6 Å². The minimum Gasteiger partial charge on any atom is -0.486 e. The quantitative estimate of drug-likeness (QED) is 0.692. The Balaban J connectivity index is 1.35. The number of carbonyl (C=O) groups is 1. The van der Waals surface area contributed by atoms with Crippen molar-refractivity contribution in [3.8, 4) is 22.6 Å². The van der Waals surface area contributed by atoms with E-state index in [1.54, 1.807) is 0 Å². The first-order chi connectivity index (χ1) is 14.2. The van der Waals surface area contributed by atoms with E-state index >= 15 is 0 Å². The zero-order chi connectivity index (χ0) is 20.1. The fourth-order valence-electron chi connectivity index (χ4n) is 3.46. The summed E-state index contributed by atoms with van der Waals surface area (Å²) in [4.78, 5) is 14.6. The first-order valence-corrected chi connectivity index (χ1v) is 9.70. The van der Waals surface area contributed by atoms with Crippen molar-refractivity contribution in [3.63, 3.8) is 0 Å². The van der Waals surface area contributed by atoms with Crippen LogP contribution in [0.15, 0.2) is 78.9 Å². The highest BCUT2D eigenvalue weighted by Crippen LogP contribution is 2.31. The number of benzene rings is 3. The summed E-state index contributed by atoms with van der Waals surface area (Å²) in [7, 11) is 1.91. The van der Waals surface area contributed by atoms with Gasteiger partial charge in [-0.2, -0.15) is 0 Å². The lowest BCUT2D eigenvalue weighted by Gasteiger charge is -2.29. The Labute approximate surface area is 170 Å². The van der Waals surface area contributed by atoms with Gasteiger partial charge in [-0.25, -0.2) is 0 Å². The average molecular weight is 388 g/mol. The van der Waals surface area contributed by atoms with Gasteiger partial charge < -0.3 is 14.8 Å². The second kappa shape index (κ2) is 8.80. The molecule has 1 amide bonds. The molecular formula is C24H24N2O3. The van der Waals surface area contributed by atoms with Gasteiger partial charge in [0.25, 0.3) is 0 Å². The molecule has 3 aromatic rings. The van der Waals surface area contributed by atoms with Gasteiger partial charge in [0, 0.05) is 17.8 Å². The average Bonchev–Trinajstić information content (AvgIpc) is 2.74. The number of hydrogen-bond donors (Lipinski definition) is 1. The van der Waals surface area contributed by atoms with Crippen LogP contribution in [0.1, 0.15) is 0 Å². The third-order valence-corrected chi connectivity index (χ3v) is 4.78. The van der Waals surface area contributed by atoms with Crippen molar-refractivity contribution in [1.29, 1.82) is 0 Å². The van der Waals surface area contributed by atoms with E-state index in [4.69, 9.17) is 9.47 Å². The van der Waals surface area contributed by atoms with Crippen LogP contribution in [0.5, 0.6) is 11.5 Å². The predicted molar refractivity (Wildman–Crippen MR) is 114 cm³/mol. The van der Waals surface area contributed by atoms with Crippen LogP contribution in [0.3, 0.4) is 0 Å². The van der Waals surface area contributed by atoms with E-state index in [-0.39, 0.29) is 18.6 Å². The lowest BCUT2D eigenvalue weighted by molar-refractivity contribution is -0.117. The van der Waals surface area contributed by atoms with Crippen molar-refractivity contribution in [2.24, 2.45) is 0 Å². The Morgan fingerprint density at radius 2 is 1.66 bits per heavy atom. The second-order valence-electron chi connectivity index (χ2n) is 7.15. The van der Waals surface area contributed by atoms with Gasteiger partial charge in [0.2, 0.25) is 5.91 Å². The highest BCUT2D eigenvalue weighted by molar-refractivity contribution is 5.96. The molecule has 0 saturated carbocycles. The summed E-state index contributed by atoms with van der Waals surface area (Å²) in [5, 5.41) is 3.04. The van der Waals surface area contributed by atoms with Gasteiger partial charge in [-0.1, -0.05) is 60.7 Å². The number of fused-ring (bicyclic) bond motifs is 1. The fraction of sp³-hybridized carbons (Fsp3) is 0.208. The largest absolute Gasteiger partial charge is 0.486 e. The van der Waals surface area contributed by atoms with Crippen molar-refractivity contribution in [3.05, 3.63) is 78.9 Å². The molecule has 5 nitrogen and oxygen atoms in total. The van der Waals surface area contributed by atoms with Crippen LogP contribution in [0, 0.1) is 0 Å². The van der Waals surface area contributed by atoms with E-state index in [1.165, 1.54) is 0 Å². The molecule has 1 N–H and O–H groups in total. The van der Waals surface area contributed by atoms with Gasteiger partial charge in [-0.05, 0) is 30.8 Å². The maximum absolute atomic E-state index is 12.6. The van der Waals surface area contributed by atoms with Gasteiger partial charge in [-0.3, -0.25) is 9.69 Å². The number of hydrogen-bond acceptors (Lipinski definition) is 4. The molecule has 0 aliphatic carbocycles. The second-order valence-corrected chi connectivity index (χ2v) is 7.15. The Bertz CT molecular complexity index is 975. The lowest BCUT2D eigenvalue weighted by Crippen LogP contribution is -2.42. The third-order valence-electron chi connectivity index (χ3n) is 4.78. The molecule has 0 aromatic heterocycles. The smallest absolute Gasteiger partial charge is 0.238 e. The van der Waals surface area contributed by atoms with Crippen LogP contribution >= 0.6 is 0 Å². The molecule has 0 bridgehead atoms. The highest BCUT2D eigenvalue weighted by Gasteiger charge is 2.22. The zero-order valence-corrected chi connectivity index (χ0v) is 16.4. The topological polar surface area (TPSA) is 50.8 Å². The van der Waals surface area contributed by atoms with Crippen molar-refractivity contribution < 1.29 is 14.3 Å². The van der Waals surface area contributed by atoms with E-state index < -0.39 is 0 Å². The molecule has 1 aliphatic heterocycles. The predicted octanol–water partition coefficient (Wildman–Crippen LogP) is 4.06. The zero-order valence-electron chi connectivity index (χ0n) is 16.4. The normalized spacial score (nSPS) is 15.2. The van der Waals surface area contributed by atoms with E-state index in [0.29, 0.717) is 13.2 Å². The molecule has 0 radical (unpaired) electrons. The summed E-state index contributed by atoms with van der Waals surface area (Å²) in [6, 6.07) is 25.5. The summed E-state index contributed by atoms with van der Waals surface area (Å²) in [5.74, 6) is 1.45. The first-order valence-electron chi connectivity index (χ1n) is 9.70. The Hall–Kier alpha value is -3.31. The summed E-state index contributed by atoms with van der Waals surface area (Å²) in [6.45, 7) is 1.34. The molecule has 1 aliphatic rings. The van der Waals surface area contributed by atoms with E-state index in [9.17, 15) is 4.79 Å². The fourth-order valence-corrected chi connectivity index (χ4v) is 3.46. The summed E-state index contributed by atoms with van der Waals surface area (Å²) in [6.07, 6.45) is -0.112. The number of carbonyl (C=O) groups excluding carboxylic acids is 1. The molecule has 1 unspecified atom stereocenters. The highest BCUT2D eigenvalue weighted by atomic mass is 16.6. The maximum atomic E-state index is 12.6. The van der Waals surface area contributed by atoms with Gasteiger partial charge in [0.1, 0.15) is 12.7 Å². The molecule has 0 saturated heterocycles. The monoisotopic (exact) mass is 388 g/mol. The SMILES string of the molecule is CN(CC(=O)Nc1ccccc1-c1ccccc1)CC1COc2ccccc2O1. The number of anilines is 1. The number of nitrogens with one attached hydrogen (secondary N) is 1. The van der Waals surface area contributed by atoms with E-state index in [0.717, 1.165) is 28.3 Å². The molecule has 29 heavy (non-hydrogen) atoms. The van der Waals surface area contributed by atoms with Gasteiger partial charge in [0.05, 0.1) is 6.54 Å². The standard InChI is InChI=1S/C24H24N2O3/c1-26(15-19-17-28-22-13-7-8-14-23(22)29-19)16-24(27)25-21-12-6-5-11-20(21)18-9-3-2-4-10-18/h2-14,19H,15-17H2,1H3,(H,25,27). The molecule has 5 heteroatoms. The maximum Gasteiger partial charge on any atom is 0.238 e. The number of para-hydroxylation sites is 3. The Morgan fingerprint density at radius 3 is 2.48 bits per heavy atom. The van der Waals surface area contributed by atoms with Crippen molar-refractivity contribution in [2.45, 2.75) is 6.10 Å². The molecular weight excluding hydrogens is 364 g/mol. The third kappa shape index (κ3) is 4.76. The number of likely N-dealkylation sites (N-methyl/N-ethyl adjacent to an activating group) is 1. The van der Waals surface area contributed by atoms with Gasteiger partial charge >= 0.3 is 0 Å². The number of amides is 1. The number of ether oxygens (including phenoxy) is 2. The minimum atomic E-state index is -0.112. The first kappa shape index (κ1) is 19.0. The summed E-state index contributed by atoms with van der Waals surface area (Å²) < 4.78 is 11.7. The van der Waals surface area contributed by atoms with Crippen LogP contribution in [0.2, 0.25) is 0 Å². The molecule has 1 heterocycles. The molecule has 3 aromatic carbocycles. The van der Waals surface area contributed by atoms with Gasteiger partial charge in [-0.15, -0.1) is 0 Å². The minimum absolute atomic E-state index is 0.0620. The molecule has 1 atom stereocenters. The van der Waals surface area contributed by atoms with E-state index in [1.807, 2.05) is 90.8 Å². The number of nitrogens with zero attached hydrogens (tertiary/aromatic N) is 1. The Morgan fingerprint density at radius 1 is 0.966 bits per heavy atom. The van der Waals surface area contributed by atoms with Crippen LogP contribution in [-0.4, -0.2) is 43.7 Å². The van der Waals surface area contributed by atoms with Crippen molar-refractivity contribution in [1.82, 2.24) is 4.90 Å². The molecule has 0 spiro atoms. The van der Waals surface area contributed by atoms with Crippen LogP contribution in [-0.2, 0) is 4.79 Å². The van der Waals surface area contributed by atoms with Crippen LogP contribution in [0.4, 0.5) is 5.69 Å². The van der Waals surface area contributed by atoms with Gasteiger partial charge in [0.15, 0.2) is 11.5 Å². The summed E-state index contributed by atoms with van der Waals surface area (Å²) >= 11 is 0.